The van der Waals surface area contributed by atoms with Crippen LogP contribution in [0.1, 0.15) is 16.1 Å². The summed E-state index contributed by atoms with van der Waals surface area (Å²) in [5.41, 5.74) is 3.30. The molecule has 0 saturated carbocycles. The van der Waals surface area contributed by atoms with Crippen LogP contribution in [0.3, 0.4) is 0 Å². The second-order valence-corrected chi connectivity index (χ2v) is 5.93. The van der Waals surface area contributed by atoms with Gasteiger partial charge in [0.2, 0.25) is 0 Å². The maximum absolute atomic E-state index is 14.5. The molecule has 0 saturated heterocycles. The molecule has 0 aliphatic heterocycles. The molecule has 0 aliphatic carbocycles. The highest BCUT2D eigenvalue weighted by Crippen LogP contribution is 2.30. The lowest BCUT2D eigenvalue weighted by Gasteiger charge is -2.13. The van der Waals surface area contributed by atoms with Crippen LogP contribution in [-0.2, 0) is 4.74 Å². The van der Waals surface area contributed by atoms with E-state index in [9.17, 15) is 9.18 Å². The van der Waals surface area contributed by atoms with Crippen LogP contribution in [0, 0.1) is 12.7 Å². The lowest BCUT2D eigenvalue weighted by atomic mass is 10.1. The van der Waals surface area contributed by atoms with Gasteiger partial charge in [-0.25, -0.2) is 4.39 Å². The van der Waals surface area contributed by atoms with Gasteiger partial charge >= 0.3 is 0 Å². The number of hydrogen-bond donors (Lipinski definition) is 1. The van der Waals surface area contributed by atoms with Crippen molar-refractivity contribution in [3.63, 3.8) is 0 Å². The number of aromatic nitrogens is 1. The third-order valence-electron chi connectivity index (χ3n) is 4.25. The highest BCUT2D eigenvalue weighted by atomic mass is 19.1. The Hall–Kier alpha value is -2.92. The second kappa shape index (κ2) is 7.97. The molecule has 1 aromatic heterocycles. The van der Waals surface area contributed by atoms with Crippen molar-refractivity contribution in [1.29, 1.82) is 0 Å². The first kappa shape index (κ1) is 17.9. The molecule has 3 aromatic rings. The van der Waals surface area contributed by atoms with E-state index in [-0.39, 0.29) is 11.7 Å². The van der Waals surface area contributed by atoms with Gasteiger partial charge in [0.05, 0.1) is 23.6 Å². The zero-order valence-electron chi connectivity index (χ0n) is 14.8. The van der Waals surface area contributed by atoms with Gasteiger partial charge < -0.3 is 14.6 Å². The number of rotatable bonds is 6. The van der Waals surface area contributed by atoms with Gasteiger partial charge in [-0.15, -0.1) is 0 Å². The molecule has 2 aromatic carbocycles. The number of amides is 1. The van der Waals surface area contributed by atoms with E-state index in [0.717, 1.165) is 11.3 Å². The fraction of sp³-hybridized carbons (Fsp3) is 0.190. The van der Waals surface area contributed by atoms with Gasteiger partial charge in [0, 0.05) is 19.3 Å². The summed E-state index contributed by atoms with van der Waals surface area (Å²) < 4.78 is 21.2. The number of ether oxygens (including phenoxy) is 1. The maximum Gasteiger partial charge on any atom is 0.253 e. The van der Waals surface area contributed by atoms with Crippen LogP contribution in [0.5, 0.6) is 0 Å². The Morgan fingerprint density at radius 1 is 1.12 bits per heavy atom. The summed E-state index contributed by atoms with van der Waals surface area (Å²) >= 11 is 0. The molecule has 0 fully saturated rings. The number of nitrogens with zero attached hydrogens (tertiary/aromatic N) is 1. The Balaban J connectivity index is 2.12. The number of benzene rings is 2. The summed E-state index contributed by atoms with van der Waals surface area (Å²) in [5, 5.41) is 2.83. The van der Waals surface area contributed by atoms with Crippen LogP contribution < -0.4 is 5.32 Å². The quantitative estimate of drug-likeness (QED) is 0.682. The highest BCUT2D eigenvalue weighted by Gasteiger charge is 2.20. The van der Waals surface area contributed by atoms with Crippen LogP contribution in [0.2, 0.25) is 0 Å². The highest BCUT2D eigenvalue weighted by molar-refractivity contribution is 5.97. The summed E-state index contributed by atoms with van der Waals surface area (Å²) in [4.78, 5) is 12.6. The van der Waals surface area contributed by atoms with Crippen molar-refractivity contribution in [1.82, 2.24) is 9.88 Å². The molecule has 1 amide bonds. The minimum Gasteiger partial charge on any atom is -0.383 e. The first-order chi connectivity index (χ1) is 12.6. The molecule has 3 rings (SSSR count). The molecule has 1 heterocycles. The average Bonchev–Trinajstić information content (AvgIpc) is 3.00. The number of nitrogens with one attached hydrogen (secondary N) is 1. The lowest BCUT2D eigenvalue weighted by Crippen LogP contribution is -2.27. The van der Waals surface area contributed by atoms with E-state index in [1.807, 2.05) is 37.3 Å². The van der Waals surface area contributed by atoms with E-state index in [0.29, 0.717) is 30.1 Å². The van der Waals surface area contributed by atoms with Gasteiger partial charge in [-0.1, -0.05) is 42.5 Å². The number of carbonyl (C=O) groups excluding carboxylic acids is 1. The predicted octanol–water partition coefficient (Wildman–Crippen LogP) is 3.97. The number of halogens is 1. The van der Waals surface area contributed by atoms with Gasteiger partial charge in [0.1, 0.15) is 5.82 Å². The van der Waals surface area contributed by atoms with E-state index in [2.05, 4.69) is 5.32 Å². The number of para-hydroxylation sites is 1. The van der Waals surface area contributed by atoms with Gasteiger partial charge in [-0.3, -0.25) is 4.79 Å². The van der Waals surface area contributed by atoms with Crippen LogP contribution in [0.4, 0.5) is 4.39 Å². The molecule has 0 unspecified atom stereocenters. The Labute approximate surface area is 152 Å². The molecular formula is C21H21FN2O2. The monoisotopic (exact) mass is 352 g/mol. The van der Waals surface area contributed by atoms with Gasteiger partial charge in [-0.2, -0.15) is 0 Å². The van der Waals surface area contributed by atoms with Crippen molar-refractivity contribution in [3.8, 4) is 16.9 Å². The van der Waals surface area contributed by atoms with Crippen molar-refractivity contribution in [3.05, 3.63) is 77.7 Å². The van der Waals surface area contributed by atoms with E-state index in [4.69, 9.17) is 4.74 Å². The van der Waals surface area contributed by atoms with Crippen LogP contribution in [0.25, 0.3) is 16.9 Å². The molecule has 26 heavy (non-hydrogen) atoms. The molecule has 0 radical (unpaired) electrons. The third-order valence-corrected chi connectivity index (χ3v) is 4.25. The fourth-order valence-corrected chi connectivity index (χ4v) is 2.96. The fourth-order valence-electron chi connectivity index (χ4n) is 2.96. The molecule has 0 bridgehead atoms. The molecule has 0 aliphatic rings. The van der Waals surface area contributed by atoms with Crippen LogP contribution in [0.15, 0.2) is 60.7 Å². The van der Waals surface area contributed by atoms with Crippen molar-refractivity contribution in [2.75, 3.05) is 20.3 Å². The number of carbonyl (C=O) groups is 1. The van der Waals surface area contributed by atoms with Crippen molar-refractivity contribution < 1.29 is 13.9 Å². The smallest absolute Gasteiger partial charge is 0.253 e. The topological polar surface area (TPSA) is 43.3 Å². The molecule has 1 N–H and O–H groups in total. The van der Waals surface area contributed by atoms with E-state index in [1.54, 1.807) is 35.9 Å². The summed E-state index contributed by atoms with van der Waals surface area (Å²) in [6.07, 6.45) is 0. The van der Waals surface area contributed by atoms with E-state index >= 15 is 0 Å². The van der Waals surface area contributed by atoms with E-state index in [1.165, 1.54) is 6.07 Å². The molecule has 0 atom stereocenters. The minimum atomic E-state index is -0.338. The second-order valence-electron chi connectivity index (χ2n) is 5.93. The summed E-state index contributed by atoms with van der Waals surface area (Å²) in [6.45, 7) is 2.68. The minimum absolute atomic E-state index is 0.202. The normalized spacial score (nSPS) is 10.7. The van der Waals surface area contributed by atoms with Crippen LogP contribution >= 0.6 is 0 Å². The Kier molecular flexibility index (Phi) is 5.49. The van der Waals surface area contributed by atoms with E-state index < -0.39 is 0 Å². The standard InChI is InChI=1S/C21H21FN2O2/c1-15-17(21(25)23-12-13-26-2)14-20(16-8-4-3-5-9-16)24(15)19-11-7-6-10-18(19)22/h3-11,14H,12-13H2,1-2H3,(H,23,25). The maximum atomic E-state index is 14.5. The summed E-state index contributed by atoms with van der Waals surface area (Å²) in [5.74, 6) is -0.540. The molecule has 134 valence electrons. The Morgan fingerprint density at radius 2 is 1.81 bits per heavy atom. The van der Waals surface area contributed by atoms with Gasteiger partial charge in [0.25, 0.3) is 5.91 Å². The molecule has 4 nitrogen and oxygen atoms in total. The summed E-state index contributed by atoms with van der Waals surface area (Å²) in [6, 6.07) is 18.0. The Bertz CT molecular complexity index is 904. The first-order valence-electron chi connectivity index (χ1n) is 8.43. The molecule has 5 heteroatoms. The number of methoxy groups -OCH3 is 1. The molecular weight excluding hydrogens is 331 g/mol. The van der Waals surface area contributed by atoms with Gasteiger partial charge in [-0.05, 0) is 30.7 Å². The van der Waals surface area contributed by atoms with Crippen molar-refractivity contribution in [2.45, 2.75) is 6.92 Å². The third kappa shape index (κ3) is 3.53. The number of hydrogen-bond acceptors (Lipinski definition) is 2. The van der Waals surface area contributed by atoms with Crippen molar-refractivity contribution in [2.24, 2.45) is 0 Å². The zero-order chi connectivity index (χ0) is 18.5. The zero-order valence-corrected chi connectivity index (χ0v) is 14.8. The molecule has 0 spiro atoms. The lowest BCUT2D eigenvalue weighted by molar-refractivity contribution is 0.0936. The first-order valence-corrected chi connectivity index (χ1v) is 8.43. The summed E-state index contributed by atoms with van der Waals surface area (Å²) in [7, 11) is 1.58. The predicted molar refractivity (Wildman–Crippen MR) is 100 cm³/mol. The SMILES string of the molecule is COCCNC(=O)c1cc(-c2ccccc2)n(-c2ccccc2F)c1C. The Morgan fingerprint density at radius 3 is 2.50 bits per heavy atom. The average molecular weight is 352 g/mol. The largest absolute Gasteiger partial charge is 0.383 e. The van der Waals surface area contributed by atoms with Gasteiger partial charge in [0.15, 0.2) is 0 Å². The van der Waals surface area contributed by atoms with Crippen molar-refractivity contribution >= 4 is 5.91 Å². The van der Waals surface area contributed by atoms with Crippen LogP contribution in [-0.4, -0.2) is 30.7 Å².